The number of benzene rings is 1. The van der Waals surface area contributed by atoms with Crippen molar-refractivity contribution in [3.05, 3.63) is 30.1 Å². The molecule has 0 aliphatic carbocycles. The molecule has 9 heteroatoms. The predicted molar refractivity (Wildman–Crippen MR) is 87.5 cm³/mol. The lowest BCUT2D eigenvalue weighted by atomic mass is 10.2. The Morgan fingerprint density at radius 3 is 2.62 bits per heavy atom. The maximum Gasteiger partial charge on any atom is 0.175 e. The first-order chi connectivity index (χ1) is 11.3. The topological polar surface area (TPSA) is 90.2 Å². The van der Waals surface area contributed by atoms with Crippen molar-refractivity contribution < 1.29 is 13.2 Å². The second kappa shape index (κ2) is 6.58. The number of aromatic nitrogens is 4. The van der Waals surface area contributed by atoms with E-state index in [4.69, 9.17) is 4.74 Å². The fraction of sp³-hybridized carbons (Fsp3) is 0.533. The van der Waals surface area contributed by atoms with Crippen molar-refractivity contribution in [2.45, 2.75) is 37.4 Å². The van der Waals surface area contributed by atoms with Crippen LogP contribution in [0.5, 0.6) is 0 Å². The predicted octanol–water partition coefficient (Wildman–Crippen LogP) is 0.675. The molecule has 2 heterocycles. The van der Waals surface area contributed by atoms with Gasteiger partial charge >= 0.3 is 0 Å². The van der Waals surface area contributed by atoms with Gasteiger partial charge in [-0.2, -0.15) is 4.68 Å². The van der Waals surface area contributed by atoms with E-state index in [0.29, 0.717) is 25.0 Å². The van der Waals surface area contributed by atoms with Gasteiger partial charge in [-0.05, 0) is 48.5 Å². The van der Waals surface area contributed by atoms with Crippen LogP contribution in [0.2, 0.25) is 0 Å². The van der Waals surface area contributed by atoms with E-state index < -0.39 is 9.84 Å². The van der Waals surface area contributed by atoms with Crippen LogP contribution in [0, 0.1) is 0 Å². The SMILES string of the molecule is CC1CN(Cc2nnnn2-c2ccc(S(C)(=O)=O)cc2)C(C)CO1. The first kappa shape index (κ1) is 17.0. The van der Waals surface area contributed by atoms with Crippen LogP contribution < -0.4 is 0 Å². The number of ether oxygens (including phenoxy) is 1. The third-order valence-electron chi connectivity index (χ3n) is 4.12. The lowest BCUT2D eigenvalue weighted by Gasteiger charge is -2.36. The molecule has 0 amide bonds. The Bertz CT molecular complexity index is 803. The standard InChI is InChI=1S/C15H21N5O3S/c1-11-10-23-12(2)8-19(11)9-15-16-17-18-20(15)13-4-6-14(7-5-13)24(3,21)22/h4-7,11-12H,8-10H2,1-3H3. The molecule has 1 saturated heterocycles. The molecule has 0 bridgehead atoms. The smallest absolute Gasteiger partial charge is 0.175 e. The normalized spacial score (nSPS) is 22.6. The molecular formula is C15H21N5O3S. The van der Waals surface area contributed by atoms with Crippen molar-refractivity contribution in [3.8, 4) is 5.69 Å². The Morgan fingerprint density at radius 1 is 1.25 bits per heavy atom. The van der Waals surface area contributed by atoms with Crippen molar-refractivity contribution in [1.29, 1.82) is 0 Å². The first-order valence-corrected chi connectivity index (χ1v) is 9.67. The van der Waals surface area contributed by atoms with Gasteiger partial charge in [0.15, 0.2) is 15.7 Å². The van der Waals surface area contributed by atoms with E-state index in [-0.39, 0.29) is 11.0 Å². The summed E-state index contributed by atoms with van der Waals surface area (Å²) in [5, 5.41) is 11.9. The molecule has 1 aromatic heterocycles. The Hall–Kier alpha value is -1.84. The molecule has 2 unspecified atom stereocenters. The summed E-state index contributed by atoms with van der Waals surface area (Å²) in [6, 6.07) is 6.84. The first-order valence-electron chi connectivity index (χ1n) is 7.78. The molecule has 1 aromatic carbocycles. The maximum absolute atomic E-state index is 11.6. The zero-order chi connectivity index (χ0) is 17.3. The highest BCUT2D eigenvalue weighted by Crippen LogP contribution is 2.17. The van der Waals surface area contributed by atoms with E-state index in [1.807, 2.05) is 6.92 Å². The van der Waals surface area contributed by atoms with E-state index in [2.05, 4.69) is 27.3 Å². The third kappa shape index (κ3) is 3.63. The average molecular weight is 351 g/mol. The number of tetrazole rings is 1. The number of morpholine rings is 1. The monoisotopic (exact) mass is 351 g/mol. The average Bonchev–Trinajstić information content (AvgIpc) is 2.98. The van der Waals surface area contributed by atoms with Crippen molar-refractivity contribution in [2.75, 3.05) is 19.4 Å². The van der Waals surface area contributed by atoms with Crippen molar-refractivity contribution in [3.63, 3.8) is 0 Å². The van der Waals surface area contributed by atoms with Crippen LogP contribution in [0.25, 0.3) is 5.69 Å². The van der Waals surface area contributed by atoms with Crippen LogP contribution in [0.15, 0.2) is 29.2 Å². The third-order valence-corrected chi connectivity index (χ3v) is 5.25. The molecule has 3 rings (SSSR count). The van der Waals surface area contributed by atoms with Crippen molar-refractivity contribution in [1.82, 2.24) is 25.1 Å². The van der Waals surface area contributed by atoms with Crippen LogP contribution in [0.3, 0.4) is 0 Å². The minimum atomic E-state index is -3.22. The minimum absolute atomic E-state index is 0.180. The molecular weight excluding hydrogens is 330 g/mol. The number of sulfone groups is 1. The molecule has 24 heavy (non-hydrogen) atoms. The summed E-state index contributed by atoms with van der Waals surface area (Å²) in [6.07, 6.45) is 1.37. The van der Waals surface area contributed by atoms with Gasteiger partial charge in [0.1, 0.15) is 0 Å². The van der Waals surface area contributed by atoms with Gasteiger partial charge in [0.25, 0.3) is 0 Å². The van der Waals surface area contributed by atoms with Gasteiger partial charge in [-0.15, -0.1) is 5.10 Å². The Labute approximate surface area is 141 Å². The molecule has 0 N–H and O–H groups in total. The highest BCUT2D eigenvalue weighted by molar-refractivity contribution is 7.90. The van der Waals surface area contributed by atoms with Crippen molar-refractivity contribution >= 4 is 9.84 Å². The molecule has 2 atom stereocenters. The van der Waals surface area contributed by atoms with Crippen LogP contribution in [-0.4, -0.2) is 65.1 Å². The molecule has 1 aliphatic heterocycles. The summed E-state index contributed by atoms with van der Waals surface area (Å²) in [5.41, 5.74) is 0.733. The number of nitrogens with zero attached hydrogens (tertiary/aromatic N) is 5. The number of hydrogen-bond acceptors (Lipinski definition) is 7. The molecule has 8 nitrogen and oxygen atoms in total. The van der Waals surface area contributed by atoms with E-state index in [9.17, 15) is 8.42 Å². The summed E-state index contributed by atoms with van der Waals surface area (Å²) in [6.45, 7) is 6.27. The largest absolute Gasteiger partial charge is 0.376 e. The zero-order valence-corrected chi connectivity index (χ0v) is 14.8. The van der Waals surface area contributed by atoms with Crippen LogP contribution in [0.1, 0.15) is 19.7 Å². The summed E-state index contributed by atoms with van der Waals surface area (Å²) in [5.74, 6) is 0.711. The fourth-order valence-electron chi connectivity index (χ4n) is 2.71. The summed E-state index contributed by atoms with van der Waals surface area (Å²) >= 11 is 0. The van der Waals surface area contributed by atoms with E-state index >= 15 is 0 Å². The second-order valence-electron chi connectivity index (χ2n) is 6.20. The highest BCUT2D eigenvalue weighted by Gasteiger charge is 2.25. The molecule has 130 valence electrons. The van der Waals surface area contributed by atoms with E-state index in [0.717, 1.165) is 12.2 Å². The lowest BCUT2D eigenvalue weighted by Crippen LogP contribution is -2.47. The van der Waals surface area contributed by atoms with Crippen LogP contribution in [0.4, 0.5) is 0 Å². The minimum Gasteiger partial charge on any atom is -0.376 e. The van der Waals surface area contributed by atoms with Gasteiger partial charge in [-0.3, -0.25) is 4.90 Å². The molecule has 0 saturated carbocycles. The lowest BCUT2D eigenvalue weighted by molar-refractivity contribution is -0.0537. The zero-order valence-electron chi connectivity index (χ0n) is 14.0. The number of hydrogen-bond donors (Lipinski definition) is 0. The van der Waals surface area contributed by atoms with Gasteiger partial charge in [0, 0.05) is 18.8 Å². The van der Waals surface area contributed by atoms with Gasteiger partial charge in [0.2, 0.25) is 0 Å². The van der Waals surface area contributed by atoms with Gasteiger partial charge in [-0.1, -0.05) is 0 Å². The molecule has 0 spiro atoms. The Kier molecular flexibility index (Phi) is 4.66. The van der Waals surface area contributed by atoms with Crippen LogP contribution >= 0.6 is 0 Å². The van der Waals surface area contributed by atoms with Gasteiger partial charge < -0.3 is 4.74 Å². The quantitative estimate of drug-likeness (QED) is 0.800. The van der Waals surface area contributed by atoms with Gasteiger partial charge in [-0.25, -0.2) is 8.42 Å². The second-order valence-corrected chi connectivity index (χ2v) is 8.21. The molecule has 1 fully saturated rings. The summed E-state index contributed by atoms with van der Waals surface area (Å²) in [4.78, 5) is 2.55. The Morgan fingerprint density at radius 2 is 1.96 bits per heavy atom. The van der Waals surface area contributed by atoms with Crippen molar-refractivity contribution in [2.24, 2.45) is 0 Å². The maximum atomic E-state index is 11.6. The van der Waals surface area contributed by atoms with E-state index in [1.165, 1.54) is 6.26 Å². The fourth-order valence-corrected chi connectivity index (χ4v) is 3.34. The molecule has 1 aliphatic rings. The molecule has 2 aromatic rings. The number of rotatable bonds is 4. The molecule has 0 radical (unpaired) electrons. The van der Waals surface area contributed by atoms with Gasteiger partial charge in [0.05, 0.1) is 29.8 Å². The van der Waals surface area contributed by atoms with E-state index in [1.54, 1.807) is 28.9 Å². The summed E-state index contributed by atoms with van der Waals surface area (Å²) in [7, 11) is -3.22. The highest BCUT2D eigenvalue weighted by atomic mass is 32.2. The Balaban J connectivity index is 1.82. The summed E-state index contributed by atoms with van der Waals surface area (Å²) < 4.78 is 30.4. The van der Waals surface area contributed by atoms with Crippen LogP contribution in [-0.2, 0) is 21.1 Å².